The van der Waals surface area contributed by atoms with Crippen LogP contribution >= 0.6 is 0 Å². The minimum atomic E-state index is -0.343. The highest BCUT2D eigenvalue weighted by Crippen LogP contribution is 2.18. The first kappa shape index (κ1) is 15.8. The van der Waals surface area contributed by atoms with E-state index in [0.717, 1.165) is 25.7 Å². The number of rotatable bonds is 6. The van der Waals surface area contributed by atoms with Crippen molar-refractivity contribution in [3.8, 4) is 0 Å². The maximum atomic E-state index is 12.2. The van der Waals surface area contributed by atoms with Crippen LogP contribution in [0.15, 0.2) is 0 Å². The van der Waals surface area contributed by atoms with E-state index in [2.05, 4.69) is 5.32 Å². The van der Waals surface area contributed by atoms with Gasteiger partial charge in [-0.25, -0.2) is 0 Å². The molecule has 2 fully saturated rings. The minimum absolute atomic E-state index is 0.0403. The van der Waals surface area contributed by atoms with Crippen LogP contribution in [0.5, 0.6) is 0 Å². The maximum Gasteiger partial charge on any atom is 0.236 e. The Balaban J connectivity index is 1.74. The number of nitrogens with two attached hydrogens (primary N) is 1. The van der Waals surface area contributed by atoms with Crippen LogP contribution in [0.25, 0.3) is 0 Å². The van der Waals surface area contributed by atoms with Gasteiger partial charge in [0.15, 0.2) is 0 Å². The third-order valence-electron chi connectivity index (χ3n) is 3.94. The summed E-state index contributed by atoms with van der Waals surface area (Å²) >= 11 is 0. The van der Waals surface area contributed by atoms with E-state index < -0.39 is 0 Å². The van der Waals surface area contributed by atoms with Gasteiger partial charge in [-0.15, -0.1) is 0 Å². The molecule has 118 valence electrons. The molecule has 2 rings (SSSR count). The molecule has 1 heterocycles. The highest BCUT2D eigenvalue weighted by molar-refractivity contribution is 5.82. The summed E-state index contributed by atoms with van der Waals surface area (Å²) in [6, 6.07) is 0.333. The second kappa shape index (κ2) is 6.89. The van der Waals surface area contributed by atoms with Crippen LogP contribution in [-0.2, 0) is 14.4 Å². The number of hydrogen-bond acceptors (Lipinski definition) is 4. The summed E-state index contributed by atoms with van der Waals surface area (Å²) in [6.07, 6.45) is 3.65. The van der Waals surface area contributed by atoms with Gasteiger partial charge in [0, 0.05) is 19.1 Å². The zero-order valence-electron chi connectivity index (χ0n) is 12.5. The van der Waals surface area contributed by atoms with E-state index in [-0.39, 0.29) is 36.7 Å². The molecule has 7 nitrogen and oxygen atoms in total. The number of amides is 3. The summed E-state index contributed by atoms with van der Waals surface area (Å²) in [5.74, 6) is -0.681. The maximum absolute atomic E-state index is 12.2. The number of primary amides is 1. The van der Waals surface area contributed by atoms with E-state index in [1.165, 1.54) is 0 Å². The van der Waals surface area contributed by atoms with Crippen molar-refractivity contribution in [3.05, 3.63) is 0 Å². The fourth-order valence-electron chi connectivity index (χ4n) is 2.57. The van der Waals surface area contributed by atoms with Crippen LogP contribution in [-0.4, -0.2) is 66.8 Å². The molecule has 1 saturated carbocycles. The van der Waals surface area contributed by atoms with Crippen molar-refractivity contribution in [2.24, 2.45) is 11.7 Å². The lowest BCUT2D eigenvalue weighted by Gasteiger charge is -2.32. The molecule has 0 radical (unpaired) electrons. The summed E-state index contributed by atoms with van der Waals surface area (Å²) in [5.41, 5.74) is 5.31. The van der Waals surface area contributed by atoms with E-state index in [4.69, 9.17) is 5.73 Å². The van der Waals surface area contributed by atoms with Crippen LogP contribution in [0, 0.1) is 5.92 Å². The standard InChI is InChI=1S/C14H24N4O3/c1-17(8-12(19)16-11-4-5-11)9-13(20)18-6-2-3-10(7-18)14(15)21/h10-11H,2-9H2,1H3,(H2,15,21)(H,16,19). The lowest BCUT2D eigenvalue weighted by molar-refractivity contribution is -0.136. The average molecular weight is 296 g/mol. The number of likely N-dealkylation sites (N-methyl/N-ethyl adjacent to an activating group) is 1. The van der Waals surface area contributed by atoms with E-state index in [1.807, 2.05) is 0 Å². The fourth-order valence-corrected chi connectivity index (χ4v) is 2.57. The molecular weight excluding hydrogens is 272 g/mol. The number of likely N-dealkylation sites (tertiary alicyclic amines) is 1. The Bertz CT molecular complexity index is 422. The third kappa shape index (κ3) is 5.00. The average Bonchev–Trinajstić information content (AvgIpc) is 3.22. The second-order valence-electron chi connectivity index (χ2n) is 6.10. The van der Waals surface area contributed by atoms with Gasteiger partial charge in [0.25, 0.3) is 0 Å². The molecule has 21 heavy (non-hydrogen) atoms. The molecule has 2 aliphatic rings. The molecule has 0 spiro atoms. The summed E-state index contributed by atoms with van der Waals surface area (Å²) in [5, 5.41) is 2.89. The molecule has 3 amide bonds. The first-order valence-corrected chi connectivity index (χ1v) is 7.50. The number of nitrogens with zero attached hydrogens (tertiary/aromatic N) is 2. The third-order valence-corrected chi connectivity index (χ3v) is 3.94. The first-order valence-electron chi connectivity index (χ1n) is 7.50. The van der Waals surface area contributed by atoms with Gasteiger partial charge in [0.2, 0.25) is 17.7 Å². The molecule has 1 unspecified atom stereocenters. The monoisotopic (exact) mass is 296 g/mol. The molecule has 1 aliphatic carbocycles. The van der Waals surface area contributed by atoms with E-state index in [9.17, 15) is 14.4 Å². The Morgan fingerprint density at radius 3 is 2.57 bits per heavy atom. The fraction of sp³-hybridized carbons (Fsp3) is 0.786. The zero-order valence-corrected chi connectivity index (χ0v) is 12.5. The van der Waals surface area contributed by atoms with Crippen LogP contribution < -0.4 is 11.1 Å². The lowest BCUT2D eigenvalue weighted by Crippen LogP contribution is -2.48. The Kier molecular flexibility index (Phi) is 5.17. The zero-order chi connectivity index (χ0) is 15.4. The molecule has 7 heteroatoms. The van der Waals surface area contributed by atoms with Crippen LogP contribution in [0.3, 0.4) is 0 Å². The molecule has 1 atom stereocenters. The van der Waals surface area contributed by atoms with Crippen molar-refractivity contribution >= 4 is 17.7 Å². The molecule has 0 aromatic heterocycles. The van der Waals surface area contributed by atoms with Crippen molar-refractivity contribution < 1.29 is 14.4 Å². The van der Waals surface area contributed by atoms with Crippen molar-refractivity contribution in [3.63, 3.8) is 0 Å². The molecule has 0 bridgehead atoms. The number of hydrogen-bond donors (Lipinski definition) is 2. The number of carbonyl (C=O) groups is 3. The minimum Gasteiger partial charge on any atom is -0.369 e. The largest absolute Gasteiger partial charge is 0.369 e. The number of piperidine rings is 1. The van der Waals surface area contributed by atoms with Crippen LogP contribution in [0.2, 0.25) is 0 Å². The van der Waals surface area contributed by atoms with Gasteiger partial charge >= 0.3 is 0 Å². The molecule has 3 N–H and O–H groups in total. The second-order valence-corrected chi connectivity index (χ2v) is 6.10. The van der Waals surface area contributed by atoms with Crippen LogP contribution in [0.4, 0.5) is 0 Å². The van der Waals surface area contributed by atoms with Crippen molar-refractivity contribution in [2.45, 2.75) is 31.7 Å². The molecule has 1 aliphatic heterocycles. The Morgan fingerprint density at radius 2 is 1.95 bits per heavy atom. The Hall–Kier alpha value is -1.63. The molecule has 1 saturated heterocycles. The number of carbonyl (C=O) groups excluding carboxylic acids is 3. The topological polar surface area (TPSA) is 95.7 Å². The van der Waals surface area contributed by atoms with E-state index in [0.29, 0.717) is 19.1 Å². The quantitative estimate of drug-likeness (QED) is 0.652. The Morgan fingerprint density at radius 1 is 1.24 bits per heavy atom. The van der Waals surface area contributed by atoms with Gasteiger partial charge in [-0.1, -0.05) is 0 Å². The Labute approximate surface area is 124 Å². The normalized spacial score (nSPS) is 22.2. The van der Waals surface area contributed by atoms with Gasteiger partial charge < -0.3 is 16.0 Å². The van der Waals surface area contributed by atoms with Crippen molar-refractivity contribution in [2.75, 3.05) is 33.2 Å². The van der Waals surface area contributed by atoms with Crippen molar-refractivity contribution in [1.29, 1.82) is 0 Å². The van der Waals surface area contributed by atoms with Crippen molar-refractivity contribution in [1.82, 2.24) is 15.1 Å². The first-order chi connectivity index (χ1) is 9.95. The predicted octanol–water partition coefficient (Wildman–Crippen LogP) is -1.08. The highest BCUT2D eigenvalue weighted by Gasteiger charge is 2.28. The van der Waals surface area contributed by atoms with Gasteiger partial charge in [-0.2, -0.15) is 0 Å². The van der Waals surface area contributed by atoms with Crippen LogP contribution in [0.1, 0.15) is 25.7 Å². The highest BCUT2D eigenvalue weighted by atomic mass is 16.2. The van der Waals surface area contributed by atoms with Gasteiger partial charge in [-0.05, 0) is 32.7 Å². The smallest absolute Gasteiger partial charge is 0.236 e. The SMILES string of the molecule is CN(CC(=O)NC1CC1)CC(=O)N1CCCC(C(N)=O)C1. The number of nitrogens with one attached hydrogen (secondary N) is 1. The predicted molar refractivity (Wildman–Crippen MR) is 77.2 cm³/mol. The summed E-state index contributed by atoms with van der Waals surface area (Å²) < 4.78 is 0. The molecule has 0 aromatic rings. The van der Waals surface area contributed by atoms with Gasteiger partial charge in [0.1, 0.15) is 0 Å². The summed E-state index contributed by atoms with van der Waals surface area (Å²) in [6.45, 7) is 1.46. The van der Waals surface area contributed by atoms with E-state index in [1.54, 1.807) is 16.8 Å². The molecule has 0 aromatic carbocycles. The summed E-state index contributed by atoms with van der Waals surface area (Å²) in [4.78, 5) is 38.5. The molecular formula is C14H24N4O3. The van der Waals surface area contributed by atoms with E-state index >= 15 is 0 Å². The van der Waals surface area contributed by atoms with Gasteiger partial charge in [0.05, 0.1) is 19.0 Å². The lowest BCUT2D eigenvalue weighted by atomic mass is 9.97. The van der Waals surface area contributed by atoms with Gasteiger partial charge in [-0.3, -0.25) is 19.3 Å². The summed E-state index contributed by atoms with van der Waals surface area (Å²) in [7, 11) is 1.75.